The SMILES string of the molecule is O=Cc1cccc2c(=O)occc12. The summed E-state index contributed by atoms with van der Waals surface area (Å²) in [4.78, 5) is 21.8. The molecule has 1 heterocycles. The van der Waals surface area contributed by atoms with Crippen LogP contribution in [0, 0.1) is 0 Å². The van der Waals surface area contributed by atoms with E-state index in [2.05, 4.69) is 4.42 Å². The number of carbonyl (C=O) groups is 1. The number of hydrogen-bond acceptors (Lipinski definition) is 3. The summed E-state index contributed by atoms with van der Waals surface area (Å²) in [7, 11) is 0. The average molecular weight is 174 g/mol. The first-order valence-corrected chi connectivity index (χ1v) is 3.78. The lowest BCUT2D eigenvalue weighted by Crippen LogP contribution is -1.99. The Morgan fingerprint density at radius 2 is 2.00 bits per heavy atom. The van der Waals surface area contributed by atoms with Crippen LogP contribution in [0.4, 0.5) is 0 Å². The summed E-state index contributed by atoms with van der Waals surface area (Å²) in [5.74, 6) is 0. The van der Waals surface area contributed by atoms with Crippen molar-refractivity contribution in [2.75, 3.05) is 0 Å². The second-order valence-corrected chi connectivity index (χ2v) is 2.63. The van der Waals surface area contributed by atoms with Crippen LogP contribution in [0.25, 0.3) is 10.8 Å². The molecule has 0 unspecified atom stereocenters. The normalized spacial score (nSPS) is 10.2. The van der Waals surface area contributed by atoms with Crippen molar-refractivity contribution in [3.63, 3.8) is 0 Å². The third-order valence-electron chi connectivity index (χ3n) is 1.90. The van der Waals surface area contributed by atoms with Crippen molar-refractivity contribution < 1.29 is 9.21 Å². The third kappa shape index (κ3) is 1.14. The molecule has 0 aliphatic rings. The lowest BCUT2D eigenvalue weighted by molar-refractivity contribution is 0.112. The lowest BCUT2D eigenvalue weighted by atomic mass is 10.1. The summed E-state index contributed by atoms with van der Waals surface area (Å²) in [6.07, 6.45) is 2.01. The summed E-state index contributed by atoms with van der Waals surface area (Å²) in [5, 5.41) is 1.07. The van der Waals surface area contributed by atoms with Gasteiger partial charge in [-0.15, -0.1) is 0 Å². The van der Waals surface area contributed by atoms with Gasteiger partial charge in [0, 0.05) is 10.9 Å². The number of rotatable bonds is 1. The zero-order chi connectivity index (χ0) is 9.26. The molecule has 0 bridgehead atoms. The van der Waals surface area contributed by atoms with Gasteiger partial charge in [0.05, 0.1) is 11.6 Å². The Morgan fingerprint density at radius 3 is 2.77 bits per heavy atom. The van der Waals surface area contributed by atoms with Crippen LogP contribution in [0.2, 0.25) is 0 Å². The predicted molar refractivity (Wildman–Crippen MR) is 47.9 cm³/mol. The first-order chi connectivity index (χ1) is 6.33. The van der Waals surface area contributed by atoms with Crippen LogP contribution in [0.3, 0.4) is 0 Å². The van der Waals surface area contributed by atoms with E-state index in [4.69, 9.17) is 0 Å². The zero-order valence-electron chi connectivity index (χ0n) is 6.69. The molecular weight excluding hydrogens is 168 g/mol. The molecule has 0 aliphatic heterocycles. The van der Waals surface area contributed by atoms with Crippen molar-refractivity contribution in [1.29, 1.82) is 0 Å². The van der Waals surface area contributed by atoms with Crippen molar-refractivity contribution in [2.24, 2.45) is 0 Å². The number of fused-ring (bicyclic) bond motifs is 1. The fourth-order valence-corrected chi connectivity index (χ4v) is 1.28. The molecule has 3 nitrogen and oxygen atoms in total. The molecule has 0 N–H and O–H groups in total. The van der Waals surface area contributed by atoms with E-state index in [-0.39, 0.29) is 0 Å². The molecule has 3 heteroatoms. The molecule has 2 aromatic rings. The molecule has 2 rings (SSSR count). The molecule has 1 aromatic heterocycles. The highest BCUT2D eigenvalue weighted by Gasteiger charge is 2.02. The molecule has 0 radical (unpaired) electrons. The lowest BCUT2D eigenvalue weighted by Gasteiger charge is -1.96. The summed E-state index contributed by atoms with van der Waals surface area (Å²) in [6.45, 7) is 0. The molecular formula is C10H6O3. The number of carbonyl (C=O) groups excluding carboxylic acids is 1. The summed E-state index contributed by atoms with van der Waals surface area (Å²) in [6, 6.07) is 6.56. The van der Waals surface area contributed by atoms with Crippen LogP contribution in [0.15, 0.2) is 39.7 Å². The molecule has 0 aliphatic carbocycles. The maximum atomic E-state index is 11.2. The van der Waals surface area contributed by atoms with Gasteiger partial charge in [-0.2, -0.15) is 0 Å². The molecule has 0 fully saturated rings. The van der Waals surface area contributed by atoms with Crippen LogP contribution in [-0.2, 0) is 0 Å². The van der Waals surface area contributed by atoms with Crippen LogP contribution in [0.1, 0.15) is 10.4 Å². The molecule has 64 valence electrons. The Kier molecular flexibility index (Phi) is 1.70. The predicted octanol–water partition coefficient (Wildman–Crippen LogP) is 1.61. The van der Waals surface area contributed by atoms with Gasteiger partial charge < -0.3 is 4.42 Å². The Bertz CT molecular complexity index is 511. The van der Waals surface area contributed by atoms with E-state index in [1.54, 1.807) is 24.3 Å². The van der Waals surface area contributed by atoms with Gasteiger partial charge in [0.25, 0.3) is 0 Å². The average Bonchev–Trinajstić information content (AvgIpc) is 2.18. The van der Waals surface area contributed by atoms with Gasteiger partial charge in [0.1, 0.15) is 0 Å². The monoisotopic (exact) mass is 174 g/mol. The Morgan fingerprint density at radius 1 is 1.15 bits per heavy atom. The molecule has 0 spiro atoms. The Labute approximate surface area is 73.6 Å². The van der Waals surface area contributed by atoms with E-state index < -0.39 is 5.63 Å². The van der Waals surface area contributed by atoms with Gasteiger partial charge in [-0.3, -0.25) is 4.79 Å². The topological polar surface area (TPSA) is 47.3 Å². The largest absolute Gasteiger partial charge is 0.431 e. The highest BCUT2D eigenvalue weighted by molar-refractivity contribution is 5.97. The molecule has 0 atom stereocenters. The molecule has 13 heavy (non-hydrogen) atoms. The number of benzene rings is 1. The third-order valence-corrected chi connectivity index (χ3v) is 1.90. The minimum absolute atomic E-state index is 0.416. The van der Waals surface area contributed by atoms with Crippen LogP contribution < -0.4 is 5.63 Å². The van der Waals surface area contributed by atoms with Crippen LogP contribution in [0.5, 0.6) is 0 Å². The van der Waals surface area contributed by atoms with Gasteiger partial charge in [-0.1, -0.05) is 12.1 Å². The van der Waals surface area contributed by atoms with Crippen molar-refractivity contribution in [1.82, 2.24) is 0 Å². The van der Waals surface area contributed by atoms with Crippen LogP contribution in [-0.4, -0.2) is 6.29 Å². The molecule has 1 aromatic carbocycles. The van der Waals surface area contributed by atoms with Gasteiger partial charge in [-0.05, 0) is 12.1 Å². The standard InChI is InChI=1S/C10H6O3/c11-6-7-2-1-3-9-8(7)4-5-13-10(9)12/h1-6H. The maximum absolute atomic E-state index is 11.2. The van der Waals surface area contributed by atoms with Gasteiger partial charge >= 0.3 is 5.63 Å². The quantitative estimate of drug-likeness (QED) is 0.617. The van der Waals surface area contributed by atoms with Crippen LogP contribution >= 0.6 is 0 Å². The summed E-state index contributed by atoms with van der Waals surface area (Å²) in [5.41, 5.74) is 0.0894. The van der Waals surface area contributed by atoms with Gasteiger partial charge in [0.2, 0.25) is 0 Å². The first-order valence-electron chi connectivity index (χ1n) is 3.78. The first kappa shape index (κ1) is 7.73. The molecule has 0 saturated heterocycles. The minimum atomic E-state index is -0.416. The van der Waals surface area contributed by atoms with E-state index in [0.29, 0.717) is 16.3 Å². The second-order valence-electron chi connectivity index (χ2n) is 2.63. The van der Waals surface area contributed by atoms with E-state index in [0.717, 1.165) is 6.29 Å². The van der Waals surface area contributed by atoms with E-state index in [1.807, 2.05) is 0 Å². The Hall–Kier alpha value is -1.90. The van der Waals surface area contributed by atoms with Crippen molar-refractivity contribution in [3.05, 3.63) is 46.5 Å². The fourth-order valence-electron chi connectivity index (χ4n) is 1.28. The summed E-state index contributed by atoms with van der Waals surface area (Å²) < 4.78 is 4.67. The summed E-state index contributed by atoms with van der Waals surface area (Å²) >= 11 is 0. The van der Waals surface area contributed by atoms with Gasteiger partial charge in [-0.25, -0.2) is 4.79 Å². The van der Waals surface area contributed by atoms with Gasteiger partial charge in [0.15, 0.2) is 6.29 Å². The highest BCUT2D eigenvalue weighted by Crippen LogP contribution is 2.12. The Balaban J connectivity index is 3.00. The molecule has 0 amide bonds. The molecule has 0 saturated carbocycles. The van der Waals surface area contributed by atoms with Crippen molar-refractivity contribution in [2.45, 2.75) is 0 Å². The second kappa shape index (κ2) is 2.86. The zero-order valence-corrected chi connectivity index (χ0v) is 6.69. The van der Waals surface area contributed by atoms with E-state index >= 15 is 0 Å². The minimum Gasteiger partial charge on any atom is -0.431 e. The number of hydrogen-bond donors (Lipinski definition) is 0. The highest BCUT2D eigenvalue weighted by atomic mass is 16.4. The number of aldehydes is 1. The van der Waals surface area contributed by atoms with Crippen molar-refractivity contribution >= 4 is 17.1 Å². The fraction of sp³-hybridized carbons (Fsp3) is 0. The maximum Gasteiger partial charge on any atom is 0.343 e. The van der Waals surface area contributed by atoms with E-state index in [9.17, 15) is 9.59 Å². The smallest absolute Gasteiger partial charge is 0.343 e. The van der Waals surface area contributed by atoms with E-state index in [1.165, 1.54) is 6.26 Å². The van der Waals surface area contributed by atoms with Crippen molar-refractivity contribution in [3.8, 4) is 0 Å².